The van der Waals surface area contributed by atoms with Crippen LogP contribution in [0.15, 0.2) is 24.3 Å². The third-order valence-corrected chi connectivity index (χ3v) is 2.19. The standard InChI is InChI=1S/C12H10FN3O2/c1-7-14-10(6-11(17)18)16-12(15-7)8-3-2-4-9(13)5-8/h2-5H,6H2,1H3,(H,17,18). The number of aryl methyl sites for hydroxylation is 1. The Labute approximate surface area is 102 Å². The molecule has 2 rings (SSSR count). The van der Waals surface area contributed by atoms with Crippen molar-refractivity contribution >= 4 is 5.97 Å². The molecule has 0 radical (unpaired) electrons. The molecule has 2 aromatic rings. The van der Waals surface area contributed by atoms with Gasteiger partial charge in [0.2, 0.25) is 0 Å². The van der Waals surface area contributed by atoms with Gasteiger partial charge in [-0.25, -0.2) is 19.3 Å². The molecule has 0 aliphatic rings. The first-order valence-corrected chi connectivity index (χ1v) is 5.24. The fourth-order valence-corrected chi connectivity index (χ4v) is 1.51. The summed E-state index contributed by atoms with van der Waals surface area (Å²) >= 11 is 0. The Morgan fingerprint density at radius 2 is 2.11 bits per heavy atom. The van der Waals surface area contributed by atoms with Gasteiger partial charge < -0.3 is 5.11 Å². The van der Waals surface area contributed by atoms with Gasteiger partial charge in [0.1, 0.15) is 23.9 Å². The minimum atomic E-state index is -1.02. The van der Waals surface area contributed by atoms with Crippen LogP contribution < -0.4 is 0 Å². The van der Waals surface area contributed by atoms with Crippen LogP contribution in [-0.2, 0) is 11.2 Å². The van der Waals surface area contributed by atoms with Crippen molar-refractivity contribution in [3.05, 3.63) is 41.7 Å². The minimum absolute atomic E-state index is 0.161. The van der Waals surface area contributed by atoms with Crippen LogP contribution in [0.2, 0.25) is 0 Å². The van der Waals surface area contributed by atoms with Gasteiger partial charge in [-0.2, -0.15) is 0 Å². The molecule has 18 heavy (non-hydrogen) atoms. The van der Waals surface area contributed by atoms with Gasteiger partial charge in [0.05, 0.1) is 0 Å². The summed E-state index contributed by atoms with van der Waals surface area (Å²) in [5.41, 5.74) is 0.493. The summed E-state index contributed by atoms with van der Waals surface area (Å²) in [6, 6.07) is 5.80. The molecule has 5 nitrogen and oxygen atoms in total. The number of nitrogens with zero attached hydrogens (tertiary/aromatic N) is 3. The van der Waals surface area contributed by atoms with E-state index in [1.54, 1.807) is 19.1 Å². The number of halogens is 1. The second-order valence-electron chi connectivity index (χ2n) is 3.70. The normalized spacial score (nSPS) is 10.3. The predicted molar refractivity (Wildman–Crippen MR) is 61.3 cm³/mol. The average molecular weight is 247 g/mol. The molecule has 0 aliphatic carbocycles. The number of hydrogen-bond acceptors (Lipinski definition) is 4. The van der Waals surface area contributed by atoms with Gasteiger partial charge in [0, 0.05) is 5.56 Å². The summed E-state index contributed by atoms with van der Waals surface area (Å²) in [5, 5.41) is 8.70. The lowest BCUT2D eigenvalue weighted by Gasteiger charge is -2.03. The Balaban J connectivity index is 2.44. The molecule has 1 aromatic heterocycles. The summed E-state index contributed by atoms with van der Waals surface area (Å²) in [5.74, 6) is -0.579. The molecule has 0 saturated heterocycles. The van der Waals surface area contributed by atoms with Crippen molar-refractivity contribution in [2.75, 3.05) is 0 Å². The fraction of sp³-hybridized carbons (Fsp3) is 0.167. The minimum Gasteiger partial charge on any atom is -0.481 e. The number of carboxylic acid groups (broad SMARTS) is 1. The molecule has 0 bridgehead atoms. The molecule has 6 heteroatoms. The van der Waals surface area contributed by atoms with E-state index in [4.69, 9.17) is 5.11 Å². The lowest BCUT2D eigenvalue weighted by molar-refractivity contribution is -0.136. The van der Waals surface area contributed by atoms with E-state index in [1.807, 2.05) is 0 Å². The molecular formula is C12H10FN3O2. The molecule has 1 N–H and O–H groups in total. The number of rotatable bonds is 3. The van der Waals surface area contributed by atoms with Crippen LogP contribution in [0.25, 0.3) is 11.4 Å². The van der Waals surface area contributed by atoms with Crippen molar-refractivity contribution in [1.82, 2.24) is 15.0 Å². The Morgan fingerprint density at radius 1 is 1.33 bits per heavy atom. The number of carboxylic acids is 1. The number of aliphatic carboxylic acids is 1. The van der Waals surface area contributed by atoms with Crippen molar-refractivity contribution in [1.29, 1.82) is 0 Å². The van der Waals surface area contributed by atoms with E-state index in [0.29, 0.717) is 11.4 Å². The lowest BCUT2D eigenvalue weighted by atomic mass is 10.2. The van der Waals surface area contributed by atoms with Gasteiger partial charge in [-0.05, 0) is 19.1 Å². The van der Waals surface area contributed by atoms with Gasteiger partial charge in [0.15, 0.2) is 5.82 Å². The van der Waals surface area contributed by atoms with Gasteiger partial charge in [-0.1, -0.05) is 12.1 Å². The maximum atomic E-state index is 13.1. The second kappa shape index (κ2) is 4.87. The highest BCUT2D eigenvalue weighted by Gasteiger charge is 2.09. The summed E-state index contributed by atoms with van der Waals surface area (Å²) < 4.78 is 13.1. The molecule has 1 heterocycles. The molecule has 1 aromatic carbocycles. The maximum absolute atomic E-state index is 13.1. The average Bonchev–Trinajstić information content (AvgIpc) is 2.27. The van der Waals surface area contributed by atoms with E-state index in [-0.39, 0.29) is 18.1 Å². The van der Waals surface area contributed by atoms with Gasteiger partial charge in [0.25, 0.3) is 0 Å². The third kappa shape index (κ3) is 2.85. The fourth-order valence-electron chi connectivity index (χ4n) is 1.51. The molecule has 0 atom stereocenters. The number of carbonyl (C=O) groups is 1. The van der Waals surface area contributed by atoms with Crippen LogP contribution >= 0.6 is 0 Å². The van der Waals surface area contributed by atoms with E-state index in [0.717, 1.165) is 0 Å². The largest absolute Gasteiger partial charge is 0.481 e. The molecule has 0 unspecified atom stereocenters. The van der Waals surface area contributed by atoms with Crippen LogP contribution in [0.1, 0.15) is 11.6 Å². The van der Waals surface area contributed by atoms with E-state index >= 15 is 0 Å². The SMILES string of the molecule is Cc1nc(CC(=O)O)nc(-c2cccc(F)c2)n1. The van der Waals surface area contributed by atoms with Gasteiger partial charge in [-0.3, -0.25) is 4.79 Å². The second-order valence-corrected chi connectivity index (χ2v) is 3.70. The highest BCUT2D eigenvalue weighted by atomic mass is 19.1. The van der Waals surface area contributed by atoms with Crippen molar-refractivity contribution in [2.45, 2.75) is 13.3 Å². The number of hydrogen-bond donors (Lipinski definition) is 1. The first-order valence-electron chi connectivity index (χ1n) is 5.24. The summed E-state index contributed by atoms with van der Waals surface area (Å²) in [7, 11) is 0. The van der Waals surface area contributed by atoms with Crippen molar-refractivity contribution in [3.63, 3.8) is 0 Å². The van der Waals surface area contributed by atoms with E-state index in [9.17, 15) is 9.18 Å². The Bertz CT molecular complexity index is 602. The highest BCUT2D eigenvalue weighted by molar-refractivity contribution is 5.69. The predicted octanol–water partition coefficient (Wildman–Crippen LogP) is 1.61. The van der Waals surface area contributed by atoms with Crippen molar-refractivity contribution < 1.29 is 14.3 Å². The van der Waals surface area contributed by atoms with Crippen LogP contribution in [0, 0.1) is 12.7 Å². The van der Waals surface area contributed by atoms with E-state index in [2.05, 4.69) is 15.0 Å². The summed E-state index contributed by atoms with van der Waals surface area (Å²) in [4.78, 5) is 22.6. The monoisotopic (exact) mass is 247 g/mol. The quantitative estimate of drug-likeness (QED) is 0.891. The van der Waals surface area contributed by atoms with Crippen molar-refractivity contribution in [3.8, 4) is 11.4 Å². The highest BCUT2D eigenvalue weighted by Crippen LogP contribution is 2.16. The number of benzene rings is 1. The van der Waals surface area contributed by atoms with Crippen LogP contribution in [0.4, 0.5) is 4.39 Å². The molecule has 92 valence electrons. The van der Waals surface area contributed by atoms with Crippen LogP contribution in [-0.4, -0.2) is 26.0 Å². The zero-order valence-corrected chi connectivity index (χ0v) is 9.59. The maximum Gasteiger partial charge on any atom is 0.311 e. The third-order valence-electron chi connectivity index (χ3n) is 2.19. The van der Waals surface area contributed by atoms with Gasteiger partial charge in [-0.15, -0.1) is 0 Å². The van der Waals surface area contributed by atoms with E-state index in [1.165, 1.54) is 12.1 Å². The molecular weight excluding hydrogens is 237 g/mol. The van der Waals surface area contributed by atoms with Gasteiger partial charge >= 0.3 is 5.97 Å². The smallest absolute Gasteiger partial charge is 0.311 e. The van der Waals surface area contributed by atoms with Crippen molar-refractivity contribution in [2.24, 2.45) is 0 Å². The Morgan fingerprint density at radius 3 is 2.78 bits per heavy atom. The zero-order valence-electron chi connectivity index (χ0n) is 9.59. The van der Waals surface area contributed by atoms with E-state index < -0.39 is 11.8 Å². The lowest BCUT2D eigenvalue weighted by Crippen LogP contribution is -2.08. The van der Waals surface area contributed by atoms with Crippen LogP contribution in [0.5, 0.6) is 0 Å². The topological polar surface area (TPSA) is 76.0 Å². The molecule has 0 fully saturated rings. The summed E-state index contributed by atoms with van der Waals surface area (Å²) in [6.07, 6.45) is -0.286. The first-order chi connectivity index (χ1) is 8.54. The first kappa shape index (κ1) is 12.1. The zero-order chi connectivity index (χ0) is 13.1. The number of aromatic nitrogens is 3. The molecule has 0 saturated carbocycles. The molecule has 0 amide bonds. The molecule has 0 aliphatic heterocycles. The molecule has 0 spiro atoms. The Hall–Kier alpha value is -2.37. The Kier molecular flexibility index (Phi) is 3.27. The summed E-state index contributed by atoms with van der Waals surface area (Å²) in [6.45, 7) is 1.63. The van der Waals surface area contributed by atoms with Crippen LogP contribution in [0.3, 0.4) is 0 Å².